The Labute approximate surface area is 216 Å². The van der Waals surface area contributed by atoms with Crippen LogP contribution in [0, 0.1) is 5.92 Å². The van der Waals surface area contributed by atoms with Gasteiger partial charge in [0.15, 0.2) is 11.0 Å². The summed E-state index contributed by atoms with van der Waals surface area (Å²) in [4.78, 5) is 17.3. The first-order chi connectivity index (χ1) is 17.7. The summed E-state index contributed by atoms with van der Waals surface area (Å²) in [6.45, 7) is 2.31. The highest BCUT2D eigenvalue weighted by molar-refractivity contribution is 7.99. The Hall–Kier alpha value is -3.45. The van der Waals surface area contributed by atoms with Crippen LogP contribution >= 0.6 is 11.8 Å². The third-order valence-electron chi connectivity index (χ3n) is 6.84. The highest BCUT2D eigenvalue weighted by Crippen LogP contribution is 2.38. The summed E-state index contributed by atoms with van der Waals surface area (Å²) in [6, 6.07) is 22.6. The van der Waals surface area contributed by atoms with Crippen LogP contribution in [0.1, 0.15) is 49.8 Å². The van der Waals surface area contributed by atoms with Crippen LogP contribution in [0.4, 0.5) is 5.69 Å². The van der Waals surface area contributed by atoms with Crippen molar-refractivity contribution in [2.24, 2.45) is 5.92 Å². The lowest BCUT2D eigenvalue weighted by Crippen LogP contribution is -2.23. The number of carbonyl (C=O) groups is 1. The lowest BCUT2D eigenvalue weighted by atomic mass is 9.85. The molecule has 2 aromatic heterocycles. The zero-order valence-corrected chi connectivity index (χ0v) is 21.3. The third-order valence-corrected chi connectivity index (χ3v) is 7.79. The molecule has 1 amide bonds. The predicted molar refractivity (Wildman–Crippen MR) is 145 cm³/mol. The van der Waals surface area contributed by atoms with Crippen LogP contribution in [0.25, 0.3) is 11.4 Å². The van der Waals surface area contributed by atoms with Gasteiger partial charge in [0.25, 0.3) is 0 Å². The lowest BCUT2D eigenvalue weighted by Gasteiger charge is -2.31. The number of thioether (sulfide) groups is 1. The molecule has 0 radical (unpaired) electrons. The molecule has 6 nitrogen and oxygen atoms in total. The van der Waals surface area contributed by atoms with Crippen LogP contribution in [0.5, 0.6) is 0 Å². The second-order valence-corrected chi connectivity index (χ2v) is 10.3. The number of carbonyl (C=O) groups excluding carboxylic acids is 1. The minimum absolute atomic E-state index is 0.0466. The first kappa shape index (κ1) is 24.3. The van der Waals surface area contributed by atoms with E-state index in [2.05, 4.69) is 50.2 Å². The zero-order chi connectivity index (χ0) is 24.7. The molecular formula is C29H31N5OS. The Morgan fingerprint density at radius 3 is 2.61 bits per heavy atom. The number of hydrogen-bond acceptors (Lipinski definition) is 5. The summed E-state index contributed by atoms with van der Waals surface area (Å²) in [5.41, 5.74) is 4.12. The van der Waals surface area contributed by atoms with Crippen molar-refractivity contribution in [1.29, 1.82) is 0 Å². The number of para-hydroxylation sites is 1. The molecule has 1 saturated carbocycles. The fraction of sp³-hybridized carbons (Fsp3) is 0.310. The van der Waals surface area contributed by atoms with Crippen LogP contribution in [0.2, 0.25) is 0 Å². The second-order valence-electron chi connectivity index (χ2n) is 9.40. The monoisotopic (exact) mass is 497 g/mol. The minimum atomic E-state index is -0.0466. The Bertz CT molecular complexity index is 1290. The standard InChI is InChI=1S/C29H31N5OS/c1-21-10-5-8-16-26(21)34-28(24-14-9-17-30-19-24)32-33-29(34)36-20-27(35)31-25-15-7-6-13-23(25)18-22-11-3-2-4-12-22/h2-4,6-7,9,11-15,17,19,21,26H,5,8,10,16,18,20H2,1H3,(H,31,35)/t21-,26+/m0/s1. The van der Waals surface area contributed by atoms with Gasteiger partial charge in [-0.05, 0) is 54.5 Å². The van der Waals surface area contributed by atoms with E-state index in [1.165, 1.54) is 36.6 Å². The Morgan fingerprint density at radius 2 is 1.81 bits per heavy atom. The fourth-order valence-electron chi connectivity index (χ4n) is 4.98. The number of nitrogens with one attached hydrogen (secondary N) is 1. The molecule has 1 fully saturated rings. The van der Waals surface area contributed by atoms with E-state index in [4.69, 9.17) is 0 Å². The van der Waals surface area contributed by atoms with Crippen molar-refractivity contribution in [2.45, 2.75) is 50.2 Å². The molecular weight excluding hydrogens is 466 g/mol. The molecule has 5 rings (SSSR count). The third kappa shape index (κ3) is 5.68. The molecule has 2 atom stereocenters. The number of pyridine rings is 1. The van der Waals surface area contributed by atoms with Crippen molar-refractivity contribution in [3.8, 4) is 11.4 Å². The summed E-state index contributed by atoms with van der Waals surface area (Å²) < 4.78 is 2.25. The van der Waals surface area contributed by atoms with Crippen molar-refractivity contribution in [3.05, 3.63) is 90.3 Å². The SMILES string of the molecule is C[C@H]1CCCC[C@H]1n1c(SCC(=O)Nc2ccccc2Cc2ccccc2)nnc1-c1cccnc1. The van der Waals surface area contributed by atoms with Gasteiger partial charge in [0, 0.05) is 29.7 Å². The van der Waals surface area contributed by atoms with Gasteiger partial charge >= 0.3 is 0 Å². The Morgan fingerprint density at radius 1 is 1.00 bits per heavy atom. The fourth-order valence-corrected chi connectivity index (χ4v) is 5.77. The molecule has 0 aliphatic heterocycles. The summed E-state index contributed by atoms with van der Waals surface area (Å²) in [7, 11) is 0. The number of nitrogens with zero attached hydrogens (tertiary/aromatic N) is 4. The molecule has 0 spiro atoms. The summed E-state index contributed by atoms with van der Waals surface area (Å²) in [5.74, 6) is 1.59. The van der Waals surface area contributed by atoms with E-state index in [1.807, 2.05) is 54.7 Å². The largest absolute Gasteiger partial charge is 0.325 e. The molecule has 4 aromatic rings. The molecule has 0 saturated heterocycles. The van der Waals surface area contributed by atoms with Crippen molar-refractivity contribution in [1.82, 2.24) is 19.7 Å². The topological polar surface area (TPSA) is 72.7 Å². The van der Waals surface area contributed by atoms with E-state index in [-0.39, 0.29) is 11.7 Å². The van der Waals surface area contributed by atoms with Gasteiger partial charge in [-0.1, -0.05) is 80.1 Å². The second kappa shape index (κ2) is 11.5. The van der Waals surface area contributed by atoms with Crippen LogP contribution in [0.15, 0.2) is 84.3 Å². The lowest BCUT2D eigenvalue weighted by molar-refractivity contribution is -0.113. The first-order valence-electron chi connectivity index (χ1n) is 12.6. The molecule has 36 heavy (non-hydrogen) atoms. The summed E-state index contributed by atoms with van der Waals surface area (Å²) in [5, 5.41) is 13.0. The molecule has 2 aromatic carbocycles. The molecule has 1 aliphatic carbocycles. The van der Waals surface area contributed by atoms with Crippen LogP contribution in [-0.2, 0) is 11.2 Å². The van der Waals surface area contributed by atoms with Gasteiger partial charge in [-0.3, -0.25) is 14.3 Å². The van der Waals surface area contributed by atoms with Gasteiger partial charge in [-0.15, -0.1) is 10.2 Å². The van der Waals surface area contributed by atoms with Gasteiger partial charge in [0.2, 0.25) is 5.91 Å². The van der Waals surface area contributed by atoms with Crippen LogP contribution < -0.4 is 5.32 Å². The first-order valence-corrected chi connectivity index (χ1v) is 13.6. The van der Waals surface area contributed by atoms with E-state index >= 15 is 0 Å². The highest BCUT2D eigenvalue weighted by atomic mass is 32.2. The van der Waals surface area contributed by atoms with Gasteiger partial charge < -0.3 is 5.32 Å². The van der Waals surface area contributed by atoms with E-state index in [1.54, 1.807) is 6.20 Å². The van der Waals surface area contributed by atoms with Crippen molar-refractivity contribution < 1.29 is 4.79 Å². The van der Waals surface area contributed by atoms with Gasteiger partial charge in [-0.25, -0.2) is 0 Å². The van der Waals surface area contributed by atoms with E-state index in [9.17, 15) is 4.79 Å². The number of anilines is 1. The maximum absolute atomic E-state index is 13.0. The van der Waals surface area contributed by atoms with Gasteiger partial charge in [0.05, 0.1) is 5.75 Å². The molecule has 7 heteroatoms. The van der Waals surface area contributed by atoms with Crippen LogP contribution in [0.3, 0.4) is 0 Å². The molecule has 2 heterocycles. The van der Waals surface area contributed by atoms with E-state index in [0.29, 0.717) is 12.0 Å². The summed E-state index contributed by atoms with van der Waals surface area (Å²) >= 11 is 1.45. The van der Waals surface area contributed by atoms with Crippen molar-refractivity contribution >= 4 is 23.4 Å². The Balaban J connectivity index is 1.32. The molecule has 0 unspecified atom stereocenters. The molecule has 184 valence electrons. The number of hydrogen-bond donors (Lipinski definition) is 1. The number of rotatable bonds is 8. The normalized spacial score (nSPS) is 17.6. The van der Waals surface area contributed by atoms with Crippen molar-refractivity contribution in [3.63, 3.8) is 0 Å². The summed E-state index contributed by atoms with van der Waals surface area (Å²) in [6.07, 6.45) is 9.11. The van der Waals surface area contributed by atoms with E-state index in [0.717, 1.165) is 40.6 Å². The predicted octanol–water partition coefficient (Wildman–Crippen LogP) is 6.41. The Kier molecular flexibility index (Phi) is 7.76. The van der Waals surface area contributed by atoms with Crippen molar-refractivity contribution in [2.75, 3.05) is 11.1 Å². The van der Waals surface area contributed by atoms with Gasteiger partial charge in [-0.2, -0.15) is 0 Å². The molecule has 1 N–H and O–H groups in total. The smallest absolute Gasteiger partial charge is 0.234 e. The van der Waals surface area contributed by atoms with E-state index < -0.39 is 0 Å². The highest BCUT2D eigenvalue weighted by Gasteiger charge is 2.29. The molecule has 0 bridgehead atoms. The number of benzene rings is 2. The quantitative estimate of drug-likeness (QED) is 0.285. The molecule has 1 aliphatic rings. The average Bonchev–Trinajstić information content (AvgIpc) is 3.34. The average molecular weight is 498 g/mol. The maximum atomic E-state index is 13.0. The maximum Gasteiger partial charge on any atom is 0.234 e. The zero-order valence-electron chi connectivity index (χ0n) is 20.5. The van der Waals surface area contributed by atoms with Crippen LogP contribution in [-0.4, -0.2) is 31.4 Å². The number of aromatic nitrogens is 4. The van der Waals surface area contributed by atoms with Gasteiger partial charge in [0.1, 0.15) is 0 Å². The minimum Gasteiger partial charge on any atom is -0.325 e. The number of amides is 1.